The van der Waals surface area contributed by atoms with E-state index in [0.717, 1.165) is 11.1 Å². The fraction of sp³-hybridized carbons (Fsp3) is 0.167. The van der Waals surface area contributed by atoms with Crippen molar-refractivity contribution in [3.8, 4) is 11.4 Å². The van der Waals surface area contributed by atoms with Crippen molar-refractivity contribution in [2.24, 2.45) is 0 Å². The number of carbonyl (C=O) groups is 1. The molecule has 2 aromatic carbocycles. The van der Waals surface area contributed by atoms with Gasteiger partial charge in [0.1, 0.15) is 0 Å². The molecular formula is C18H17N3O2S. The van der Waals surface area contributed by atoms with Crippen LogP contribution in [0.15, 0.2) is 60.7 Å². The van der Waals surface area contributed by atoms with E-state index in [2.05, 4.69) is 10.2 Å². The average Bonchev–Trinajstić information content (AvgIpc) is 2.96. The van der Waals surface area contributed by atoms with Gasteiger partial charge in [-0.2, -0.15) is 5.10 Å². The molecule has 3 aromatic rings. The minimum Gasteiger partial charge on any atom is -0.481 e. The number of carboxylic acid groups (broad SMARTS) is 1. The number of aromatic amines is 1. The van der Waals surface area contributed by atoms with Gasteiger partial charge in [-0.1, -0.05) is 60.7 Å². The van der Waals surface area contributed by atoms with Gasteiger partial charge in [0.15, 0.2) is 10.6 Å². The molecule has 0 bridgehead atoms. The molecule has 1 aromatic heterocycles. The molecule has 0 radical (unpaired) electrons. The number of carboxylic acids is 1. The Balaban J connectivity index is 1.98. The van der Waals surface area contributed by atoms with Gasteiger partial charge in [-0.15, -0.1) is 0 Å². The number of hydrogen-bond acceptors (Lipinski definition) is 3. The molecule has 1 atom stereocenters. The Morgan fingerprint density at radius 2 is 1.75 bits per heavy atom. The van der Waals surface area contributed by atoms with E-state index >= 15 is 0 Å². The summed E-state index contributed by atoms with van der Waals surface area (Å²) in [6, 6.07) is 19.3. The molecule has 3 rings (SSSR count). The first-order chi connectivity index (χ1) is 11.6. The molecule has 1 unspecified atom stereocenters. The summed E-state index contributed by atoms with van der Waals surface area (Å²) in [5, 5.41) is 16.4. The summed E-state index contributed by atoms with van der Waals surface area (Å²) in [5.74, 6) is -0.303. The molecular weight excluding hydrogens is 322 g/mol. The van der Waals surface area contributed by atoms with Gasteiger partial charge < -0.3 is 5.11 Å². The maximum Gasteiger partial charge on any atom is 0.304 e. The van der Waals surface area contributed by atoms with Crippen molar-refractivity contribution in [1.82, 2.24) is 14.8 Å². The second-order valence-electron chi connectivity index (χ2n) is 5.53. The Hall–Kier alpha value is -2.73. The summed E-state index contributed by atoms with van der Waals surface area (Å²) < 4.78 is 2.35. The van der Waals surface area contributed by atoms with Gasteiger partial charge in [-0.05, 0) is 17.8 Å². The number of rotatable bonds is 6. The maximum absolute atomic E-state index is 11.3. The van der Waals surface area contributed by atoms with Crippen molar-refractivity contribution in [3.05, 3.63) is 71.0 Å². The van der Waals surface area contributed by atoms with Crippen LogP contribution in [-0.4, -0.2) is 25.8 Å². The number of nitrogens with one attached hydrogen (secondary N) is 1. The first-order valence-electron chi connectivity index (χ1n) is 7.62. The van der Waals surface area contributed by atoms with Crippen LogP contribution in [0.5, 0.6) is 0 Å². The Labute approximate surface area is 144 Å². The van der Waals surface area contributed by atoms with E-state index in [4.69, 9.17) is 12.2 Å². The second kappa shape index (κ2) is 7.23. The van der Waals surface area contributed by atoms with Gasteiger partial charge in [0.05, 0.1) is 6.42 Å². The summed E-state index contributed by atoms with van der Waals surface area (Å²) in [4.78, 5) is 11.3. The quantitative estimate of drug-likeness (QED) is 0.669. The van der Waals surface area contributed by atoms with Crippen molar-refractivity contribution >= 4 is 18.2 Å². The molecule has 24 heavy (non-hydrogen) atoms. The molecule has 6 heteroatoms. The van der Waals surface area contributed by atoms with Crippen molar-refractivity contribution in [2.75, 3.05) is 0 Å². The summed E-state index contributed by atoms with van der Waals surface area (Å²) in [6.45, 7) is 0.454. The Kier molecular flexibility index (Phi) is 4.86. The van der Waals surface area contributed by atoms with E-state index in [9.17, 15) is 9.90 Å². The van der Waals surface area contributed by atoms with Crippen LogP contribution >= 0.6 is 12.2 Å². The zero-order chi connectivity index (χ0) is 16.9. The Bertz CT molecular complexity index is 872. The van der Waals surface area contributed by atoms with Gasteiger partial charge in [-0.25, -0.2) is 0 Å². The summed E-state index contributed by atoms with van der Waals surface area (Å²) in [6.07, 6.45) is 0.0329. The minimum atomic E-state index is -0.833. The highest BCUT2D eigenvalue weighted by molar-refractivity contribution is 7.71. The number of aliphatic carboxylic acids is 1. The lowest BCUT2D eigenvalue weighted by molar-refractivity contribution is -0.137. The fourth-order valence-electron chi connectivity index (χ4n) is 2.74. The minimum absolute atomic E-state index is 0.0329. The summed E-state index contributed by atoms with van der Waals surface area (Å²) >= 11 is 5.35. The maximum atomic E-state index is 11.3. The number of hydrogen-bond donors (Lipinski definition) is 2. The summed E-state index contributed by atoms with van der Waals surface area (Å²) in [7, 11) is 0. The van der Waals surface area contributed by atoms with Gasteiger partial charge in [0.25, 0.3) is 0 Å². The lowest BCUT2D eigenvalue weighted by Gasteiger charge is -2.17. The van der Waals surface area contributed by atoms with E-state index in [-0.39, 0.29) is 12.3 Å². The van der Waals surface area contributed by atoms with Crippen molar-refractivity contribution in [2.45, 2.75) is 18.9 Å². The number of nitrogens with zero attached hydrogens (tertiary/aromatic N) is 2. The van der Waals surface area contributed by atoms with Crippen LogP contribution in [0.4, 0.5) is 0 Å². The average molecular weight is 339 g/mol. The van der Waals surface area contributed by atoms with E-state index in [1.807, 2.05) is 65.2 Å². The lowest BCUT2D eigenvalue weighted by atomic mass is 9.95. The fourth-order valence-corrected chi connectivity index (χ4v) is 2.95. The largest absolute Gasteiger partial charge is 0.481 e. The van der Waals surface area contributed by atoms with E-state index in [0.29, 0.717) is 17.1 Å². The van der Waals surface area contributed by atoms with Gasteiger partial charge >= 0.3 is 5.97 Å². The van der Waals surface area contributed by atoms with Crippen LogP contribution in [0.3, 0.4) is 0 Å². The predicted molar refractivity (Wildman–Crippen MR) is 94.3 cm³/mol. The monoisotopic (exact) mass is 339 g/mol. The molecule has 0 saturated carbocycles. The van der Waals surface area contributed by atoms with Crippen LogP contribution in [0, 0.1) is 4.77 Å². The van der Waals surface area contributed by atoms with Crippen LogP contribution < -0.4 is 0 Å². The molecule has 0 fully saturated rings. The SMILES string of the molecule is O=C(O)CC(Cn1c(-c2ccccc2)n[nH]c1=S)c1ccccc1. The van der Waals surface area contributed by atoms with Crippen molar-refractivity contribution in [1.29, 1.82) is 0 Å². The van der Waals surface area contributed by atoms with Gasteiger partial charge in [-0.3, -0.25) is 14.5 Å². The molecule has 0 aliphatic carbocycles. The third-order valence-electron chi connectivity index (χ3n) is 3.89. The topological polar surface area (TPSA) is 70.9 Å². The van der Waals surface area contributed by atoms with E-state index in [1.165, 1.54) is 0 Å². The highest BCUT2D eigenvalue weighted by Crippen LogP contribution is 2.25. The van der Waals surface area contributed by atoms with Crippen molar-refractivity contribution < 1.29 is 9.90 Å². The first-order valence-corrected chi connectivity index (χ1v) is 8.03. The first kappa shape index (κ1) is 16.1. The third kappa shape index (κ3) is 3.60. The second-order valence-corrected chi connectivity index (χ2v) is 5.92. The van der Waals surface area contributed by atoms with Crippen molar-refractivity contribution in [3.63, 3.8) is 0 Å². The molecule has 0 saturated heterocycles. The number of benzene rings is 2. The summed E-state index contributed by atoms with van der Waals surface area (Å²) in [5.41, 5.74) is 1.91. The standard InChI is InChI=1S/C18H17N3O2S/c22-16(23)11-15(13-7-3-1-4-8-13)12-21-17(19-20-18(21)24)14-9-5-2-6-10-14/h1-10,15H,11-12H2,(H,20,24)(H,22,23). The Morgan fingerprint density at radius 3 is 2.38 bits per heavy atom. The van der Waals surface area contributed by atoms with Crippen LogP contribution in [0.25, 0.3) is 11.4 Å². The van der Waals surface area contributed by atoms with Gasteiger partial charge in [0, 0.05) is 18.0 Å². The highest BCUT2D eigenvalue weighted by Gasteiger charge is 2.19. The predicted octanol–water partition coefficient (Wildman–Crippen LogP) is 3.87. The van der Waals surface area contributed by atoms with Crippen LogP contribution in [0.2, 0.25) is 0 Å². The van der Waals surface area contributed by atoms with E-state index in [1.54, 1.807) is 0 Å². The number of H-pyrrole nitrogens is 1. The molecule has 0 aliphatic heterocycles. The zero-order valence-electron chi connectivity index (χ0n) is 12.9. The zero-order valence-corrected chi connectivity index (χ0v) is 13.7. The van der Waals surface area contributed by atoms with Crippen LogP contribution in [-0.2, 0) is 11.3 Å². The third-order valence-corrected chi connectivity index (χ3v) is 4.20. The number of aromatic nitrogens is 3. The molecule has 5 nitrogen and oxygen atoms in total. The molecule has 1 heterocycles. The van der Waals surface area contributed by atoms with Gasteiger partial charge in [0.2, 0.25) is 0 Å². The molecule has 0 amide bonds. The Morgan fingerprint density at radius 1 is 1.12 bits per heavy atom. The van der Waals surface area contributed by atoms with Crippen LogP contribution in [0.1, 0.15) is 17.9 Å². The van der Waals surface area contributed by atoms with E-state index < -0.39 is 5.97 Å². The lowest BCUT2D eigenvalue weighted by Crippen LogP contribution is -2.14. The molecule has 0 aliphatic rings. The smallest absolute Gasteiger partial charge is 0.304 e. The molecule has 2 N–H and O–H groups in total. The normalized spacial score (nSPS) is 12.0. The highest BCUT2D eigenvalue weighted by atomic mass is 32.1. The molecule has 122 valence electrons. The molecule has 0 spiro atoms.